The average molecular weight is 501 g/mol. The Kier molecular flexibility index (Phi) is 9.42. The number of aliphatic hydroxyl groups excluding tert-OH is 1. The Labute approximate surface area is 221 Å². The minimum atomic E-state index is -0.313. The maximum absolute atomic E-state index is 9.79. The van der Waals surface area contributed by atoms with Crippen molar-refractivity contribution in [3.8, 4) is 22.6 Å². The van der Waals surface area contributed by atoms with Crippen LogP contribution in [-0.2, 0) is 0 Å². The van der Waals surface area contributed by atoms with Gasteiger partial charge >= 0.3 is 0 Å². The van der Waals surface area contributed by atoms with Crippen LogP contribution in [0.3, 0.4) is 0 Å². The largest absolute Gasteiger partial charge is 0.391 e. The fraction of sp³-hybridized carbons (Fsp3) is 0.367. The Hall–Kier alpha value is -3.71. The molecule has 7 heteroatoms. The van der Waals surface area contributed by atoms with Crippen LogP contribution >= 0.6 is 0 Å². The molecule has 1 aromatic carbocycles. The predicted octanol–water partition coefficient (Wildman–Crippen LogP) is 5.63. The normalized spacial score (nSPS) is 15.4. The predicted molar refractivity (Wildman–Crippen MR) is 153 cm³/mol. The Morgan fingerprint density at radius 1 is 1.19 bits per heavy atom. The van der Waals surface area contributed by atoms with Crippen LogP contribution in [0.2, 0.25) is 0 Å². The van der Waals surface area contributed by atoms with Gasteiger partial charge in [-0.3, -0.25) is 5.10 Å². The standard InChI is InChI=1S/C26H30N6O.C4H10/c1-6-19(15-31(4)5)23-8-7-9-24(27-23)20-10-11-22(17(2)14-20)26-28-25(29-30-26)18(3)32-13-12-21(33)16-32;1-4(2)3/h6-11,14-15,21,33H,1,3,12-13,16H2,2,4-5H3,(H,28,29,30);4H,1-3H3/b19-15+;. The number of allylic oxidation sites excluding steroid dienone is 2. The molecule has 1 aliphatic heterocycles. The van der Waals surface area contributed by atoms with E-state index in [0.717, 1.165) is 58.2 Å². The van der Waals surface area contributed by atoms with Crippen LogP contribution in [-0.4, -0.2) is 68.4 Å². The maximum atomic E-state index is 9.79. The van der Waals surface area contributed by atoms with Crippen molar-refractivity contribution in [1.82, 2.24) is 30.0 Å². The molecular weight excluding hydrogens is 460 g/mol. The molecule has 0 radical (unpaired) electrons. The van der Waals surface area contributed by atoms with Crippen molar-refractivity contribution in [1.29, 1.82) is 0 Å². The Balaban J connectivity index is 0.000000886. The first-order chi connectivity index (χ1) is 17.6. The van der Waals surface area contributed by atoms with Crippen molar-refractivity contribution in [2.24, 2.45) is 5.92 Å². The molecule has 3 heterocycles. The third-order valence-corrected chi connectivity index (χ3v) is 5.73. The molecule has 0 aliphatic carbocycles. The molecule has 4 rings (SSSR count). The second-order valence-corrected chi connectivity index (χ2v) is 10.3. The lowest BCUT2D eigenvalue weighted by atomic mass is 10.0. The number of aromatic amines is 1. The first-order valence-corrected chi connectivity index (χ1v) is 12.7. The van der Waals surface area contributed by atoms with Crippen LogP contribution in [0, 0.1) is 12.8 Å². The van der Waals surface area contributed by atoms with Crippen LogP contribution < -0.4 is 0 Å². The van der Waals surface area contributed by atoms with E-state index >= 15 is 0 Å². The quantitative estimate of drug-likeness (QED) is 0.409. The molecular formula is C30H40N6O. The highest BCUT2D eigenvalue weighted by Gasteiger charge is 2.23. The Morgan fingerprint density at radius 3 is 2.51 bits per heavy atom. The number of hydrogen-bond donors (Lipinski definition) is 2. The summed E-state index contributed by atoms with van der Waals surface area (Å²) in [5.74, 6) is 2.08. The summed E-state index contributed by atoms with van der Waals surface area (Å²) < 4.78 is 0. The molecule has 0 bridgehead atoms. The number of hydrogen-bond acceptors (Lipinski definition) is 6. The number of nitrogens with zero attached hydrogens (tertiary/aromatic N) is 5. The van der Waals surface area contributed by atoms with Gasteiger partial charge in [-0.15, -0.1) is 0 Å². The fourth-order valence-corrected chi connectivity index (χ4v) is 3.98. The second kappa shape index (κ2) is 12.5. The number of aryl methyl sites for hydroxylation is 1. The SMILES string of the molecule is C=C/C(=C\N(C)C)c1cccc(-c2ccc(-c3n[nH]c(C(=C)N4CCC(O)C4)n3)c(C)c2)n1.CC(C)C. The lowest BCUT2D eigenvalue weighted by Gasteiger charge is -2.17. The molecule has 196 valence electrons. The smallest absolute Gasteiger partial charge is 0.181 e. The molecule has 7 nitrogen and oxygen atoms in total. The first kappa shape index (κ1) is 27.9. The van der Waals surface area contributed by atoms with E-state index in [-0.39, 0.29) is 6.10 Å². The van der Waals surface area contributed by atoms with E-state index in [1.54, 1.807) is 0 Å². The third-order valence-electron chi connectivity index (χ3n) is 5.73. The van der Waals surface area contributed by atoms with Crippen molar-refractivity contribution in [2.75, 3.05) is 27.2 Å². The molecule has 0 spiro atoms. The van der Waals surface area contributed by atoms with E-state index in [0.29, 0.717) is 18.2 Å². The van der Waals surface area contributed by atoms with Crippen LogP contribution in [0.1, 0.15) is 44.3 Å². The summed E-state index contributed by atoms with van der Waals surface area (Å²) in [6, 6.07) is 12.2. The topological polar surface area (TPSA) is 81.2 Å². The van der Waals surface area contributed by atoms with E-state index in [4.69, 9.17) is 4.98 Å². The molecule has 1 unspecified atom stereocenters. The van der Waals surface area contributed by atoms with Crippen molar-refractivity contribution >= 4 is 11.3 Å². The Bertz CT molecular complexity index is 1250. The van der Waals surface area contributed by atoms with E-state index in [1.807, 2.05) is 73.4 Å². The van der Waals surface area contributed by atoms with Gasteiger partial charge in [0, 0.05) is 50.1 Å². The summed E-state index contributed by atoms with van der Waals surface area (Å²) in [5.41, 5.74) is 6.52. The molecule has 1 aliphatic rings. The van der Waals surface area contributed by atoms with Crippen LogP contribution in [0.5, 0.6) is 0 Å². The third kappa shape index (κ3) is 7.40. The van der Waals surface area contributed by atoms with Gasteiger partial charge in [-0.1, -0.05) is 58.2 Å². The molecule has 3 aromatic rings. The van der Waals surface area contributed by atoms with Gasteiger partial charge in [-0.05, 0) is 43.0 Å². The number of pyridine rings is 1. The summed E-state index contributed by atoms with van der Waals surface area (Å²) in [5, 5.41) is 17.2. The monoisotopic (exact) mass is 500 g/mol. The zero-order chi connectivity index (χ0) is 27.1. The lowest BCUT2D eigenvalue weighted by molar-refractivity contribution is 0.187. The van der Waals surface area contributed by atoms with Crippen molar-refractivity contribution < 1.29 is 5.11 Å². The number of aliphatic hydroxyl groups is 1. The number of nitrogens with one attached hydrogen (secondary N) is 1. The van der Waals surface area contributed by atoms with E-state index in [1.165, 1.54) is 0 Å². The van der Waals surface area contributed by atoms with Gasteiger partial charge in [0.1, 0.15) is 0 Å². The van der Waals surface area contributed by atoms with Gasteiger partial charge in [0.2, 0.25) is 0 Å². The second-order valence-electron chi connectivity index (χ2n) is 10.3. The number of H-pyrrole nitrogens is 1. The molecule has 1 saturated heterocycles. The fourth-order valence-electron chi connectivity index (χ4n) is 3.98. The minimum Gasteiger partial charge on any atom is -0.391 e. The number of benzene rings is 1. The zero-order valence-electron chi connectivity index (χ0n) is 23.0. The molecule has 1 fully saturated rings. The summed E-state index contributed by atoms with van der Waals surface area (Å²) in [4.78, 5) is 13.5. The summed E-state index contributed by atoms with van der Waals surface area (Å²) in [6.45, 7) is 17.9. The van der Waals surface area contributed by atoms with E-state index in [2.05, 4.69) is 55.2 Å². The number of β-amino-alcohol motifs (C(OH)–C–C–N with tert-alkyl or cyclic N) is 1. The molecule has 1 atom stereocenters. The minimum absolute atomic E-state index is 0.313. The number of rotatable bonds is 7. The van der Waals surface area contributed by atoms with Gasteiger partial charge in [0.25, 0.3) is 0 Å². The number of likely N-dealkylation sites (tertiary alicyclic amines) is 1. The average Bonchev–Trinajstić information content (AvgIpc) is 3.51. The van der Waals surface area contributed by atoms with Crippen molar-refractivity contribution in [3.63, 3.8) is 0 Å². The lowest BCUT2D eigenvalue weighted by Crippen LogP contribution is -2.20. The number of aromatic nitrogens is 4. The molecule has 0 saturated carbocycles. The summed E-state index contributed by atoms with van der Waals surface area (Å²) >= 11 is 0. The van der Waals surface area contributed by atoms with Gasteiger partial charge in [0.05, 0.1) is 23.2 Å². The van der Waals surface area contributed by atoms with Gasteiger partial charge in [-0.2, -0.15) is 5.10 Å². The van der Waals surface area contributed by atoms with Gasteiger partial charge in [-0.25, -0.2) is 9.97 Å². The summed E-state index contributed by atoms with van der Waals surface area (Å²) in [7, 11) is 3.96. The van der Waals surface area contributed by atoms with Gasteiger partial charge < -0.3 is 14.9 Å². The van der Waals surface area contributed by atoms with Crippen molar-refractivity contribution in [3.05, 3.63) is 78.9 Å². The molecule has 2 aromatic heterocycles. The highest BCUT2D eigenvalue weighted by atomic mass is 16.3. The highest BCUT2D eigenvalue weighted by molar-refractivity contribution is 5.74. The summed E-state index contributed by atoms with van der Waals surface area (Å²) in [6.07, 6.45) is 4.25. The van der Waals surface area contributed by atoms with E-state index < -0.39 is 0 Å². The zero-order valence-corrected chi connectivity index (χ0v) is 23.0. The molecule has 2 N–H and O–H groups in total. The first-order valence-electron chi connectivity index (χ1n) is 12.7. The van der Waals surface area contributed by atoms with Crippen LogP contribution in [0.4, 0.5) is 0 Å². The maximum Gasteiger partial charge on any atom is 0.181 e. The van der Waals surface area contributed by atoms with Crippen molar-refractivity contribution in [2.45, 2.75) is 40.2 Å². The highest BCUT2D eigenvalue weighted by Crippen LogP contribution is 2.28. The van der Waals surface area contributed by atoms with Gasteiger partial charge in [0.15, 0.2) is 11.6 Å². The van der Waals surface area contributed by atoms with E-state index in [9.17, 15) is 5.11 Å². The Morgan fingerprint density at radius 2 is 1.92 bits per heavy atom. The molecule has 0 amide bonds. The van der Waals surface area contributed by atoms with Crippen LogP contribution in [0.15, 0.2) is 61.8 Å². The molecule has 37 heavy (non-hydrogen) atoms. The van der Waals surface area contributed by atoms with Crippen LogP contribution in [0.25, 0.3) is 33.9 Å².